The summed E-state index contributed by atoms with van der Waals surface area (Å²) in [4.78, 5) is 12.0. The molecule has 1 N–H and O–H groups in total. The van der Waals surface area contributed by atoms with Crippen molar-refractivity contribution < 1.29 is 9.18 Å². The number of anilines is 1. The van der Waals surface area contributed by atoms with Gasteiger partial charge in [-0.2, -0.15) is 0 Å². The van der Waals surface area contributed by atoms with E-state index in [1.165, 1.54) is 18.2 Å². The highest BCUT2D eigenvalue weighted by molar-refractivity contribution is 6.38. The van der Waals surface area contributed by atoms with Crippen LogP contribution in [0, 0.1) is 5.82 Å². The van der Waals surface area contributed by atoms with Gasteiger partial charge in [-0.1, -0.05) is 35.3 Å². The minimum Gasteiger partial charge on any atom is -0.321 e. The third-order valence-corrected chi connectivity index (χ3v) is 3.62. The first kappa shape index (κ1) is 13.2. The molecule has 0 atom stereocenters. The zero-order valence-electron chi connectivity index (χ0n) is 10.1. The second kappa shape index (κ2) is 4.93. The summed E-state index contributed by atoms with van der Waals surface area (Å²) in [6.45, 7) is 0. The van der Waals surface area contributed by atoms with Crippen molar-refractivity contribution >= 4 is 46.4 Å². The lowest BCUT2D eigenvalue weighted by Crippen LogP contribution is -2.03. The SMILES string of the molecule is O=C1Nc2cc(Cl)ccc2/C1=C\c1c(F)cccc1Cl. The molecule has 0 saturated carbocycles. The minimum absolute atomic E-state index is 0.196. The molecule has 1 aliphatic rings. The van der Waals surface area contributed by atoms with E-state index in [1.807, 2.05) is 0 Å². The van der Waals surface area contributed by atoms with Crippen molar-refractivity contribution in [3.63, 3.8) is 0 Å². The summed E-state index contributed by atoms with van der Waals surface area (Å²) < 4.78 is 13.8. The van der Waals surface area contributed by atoms with Gasteiger partial charge in [-0.05, 0) is 30.3 Å². The number of rotatable bonds is 1. The summed E-state index contributed by atoms with van der Waals surface area (Å²) >= 11 is 11.8. The van der Waals surface area contributed by atoms with Gasteiger partial charge in [-0.15, -0.1) is 0 Å². The normalized spacial score (nSPS) is 15.3. The Kier molecular flexibility index (Phi) is 3.24. The fourth-order valence-electron chi connectivity index (χ4n) is 2.10. The van der Waals surface area contributed by atoms with Gasteiger partial charge in [0.05, 0.1) is 10.7 Å². The summed E-state index contributed by atoms with van der Waals surface area (Å²) in [5, 5.41) is 3.47. The molecule has 1 amide bonds. The monoisotopic (exact) mass is 307 g/mol. The van der Waals surface area contributed by atoms with Crippen molar-refractivity contribution in [2.24, 2.45) is 0 Å². The average Bonchev–Trinajstić information content (AvgIpc) is 2.69. The summed E-state index contributed by atoms with van der Waals surface area (Å²) in [6, 6.07) is 9.44. The van der Waals surface area contributed by atoms with Gasteiger partial charge in [-0.25, -0.2) is 4.39 Å². The number of hydrogen-bond acceptors (Lipinski definition) is 1. The zero-order valence-corrected chi connectivity index (χ0v) is 11.6. The number of fused-ring (bicyclic) bond motifs is 1. The second-order valence-corrected chi connectivity index (χ2v) is 5.18. The number of amides is 1. The maximum atomic E-state index is 13.8. The molecule has 2 aromatic carbocycles. The Morgan fingerprint density at radius 2 is 1.95 bits per heavy atom. The molecule has 0 aliphatic carbocycles. The molecular formula is C15H8Cl2FNO. The van der Waals surface area contributed by atoms with Crippen molar-refractivity contribution in [3.05, 3.63) is 63.4 Å². The molecule has 100 valence electrons. The highest BCUT2D eigenvalue weighted by Crippen LogP contribution is 2.36. The van der Waals surface area contributed by atoms with Gasteiger partial charge in [0, 0.05) is 21.7 Å². The van der Waals surface area contributed by atoms with Gasteiger partial charge in [0.1, 0.15) is 5.82 Å². The fraction of sp³-hybridized carbons (Fsp3) is 0. The van der Waals surface area contributed by atoms with Gasteiger partial charge in [-0.3, -0.25) is 4.79 Å². The van der Waals surface area contributed by atoms with Gasteiger partial charge in [0.15, 0.2) is 0 Å². The van der Waals surface area contributed by atoms with E-state index in [4.69, 9.17) is 23.2 Å². The molecule has 0 bridgehead atoms. The molecule has 0 unspecified atom stereocenters. The van der Waals surface area contributed by atoms with Crippen LogP contribution in [0.5, 0.6) is 0 Å². The van der Waals surface area contributed by atoms with E-state index >= 15 is 0 Å². The zero-order chi connectivity index (χ0) is 14.3. The maximum absolute atomic E-state index is 13.8. The van der Waals surface area contributed by atoms with Gasteiger partial charge in [0.25, 0.3) is 5.91 Å². The minimum atomic E-state index is -0.472. The number of hydrogen-bond donors (Lipinski definition) is 1. The van der Waals surface area contributed by atoms with Crippen LogP contribution in [0.4, 0.5) is 10.1 Å². The summed E-state index contributed by atoms with van der Waals surface area (Å²) in [5.41, 5.74) is 1.85. The van der Waals surface area contributed by atoms with Gasteiger partial charge >= 0.3 is 0 Å². The van der Waals surface area contributed by atoms with Crippen LogP contribution >= 0.6 is 23.2 Å². The molecule has 1 aliphatic heterocycles. The molecule has 2 nitrogen and oxygen atoms in total. The van der Waals surface area contributed by atoms with Crippen molar-refractivity contribution in [3.8, 4) is 0 Å². The third-order valence-electron chi connectivity index (χ3n) is 3.05. The van der Waals surface area contributed by atoms with Gasteiger partial charge in [0.2, 0.25) is 0 Å². The fourth-order valence-corrected chi connectivity index (χ4v) is 2.49. The molecule has 2 aromatic rings. The Balaban J connectivity index is 2.16. The van der Waals surface area contributed by atoms with E-state index in [2.05, 4.69) is 5.32 Å². The van der Waals surface area contributed by atoms with Crippen LogP contribution in [-0.2, 0) is 4.79 Å². The molecule has 0 fully saturated rings. The van der Waals surface area contributed by atoms with Crippen molar-refractivity contribution in [2.75, 3.05) is 5.32 Å². The van der Waals surface area contributed by atoms with E-state index in [0.717, 1.165) is 0 Å². The standard InChI is InChI=1S/C15H8Cl2FNO/c16-8-4-5-9-10(15(20)19-14(9)6-8)7-11-12(17)2-1-3-13(11)18/h1-7H,(H,19,20)/b10-7+. The molecule has 0 saturated heterocycles. The first-order valence-electron chi connectivity index (χ1n) is 5.83. The number of carbonyl (C=O) groups is 1. The Morgan fingerprint density at radius 3 is 2.70 bits per heavy atom. The molecule has 20 heavy (non-hydrogen) atoms. The maximum Gasteiger partial charge on any atom is 0.256 e. The Bertz CT molecular complexity index is 735. The quantitative estimate of drug-likeness (QED) is 0.765. The van der Waals surface area contributed by atoms with Crippen molar-refractivity contribution in [1.82, 2.24) is 0 Å². The van der Waals surface area contributed by atoms with E-state index in [9.17, 15) is 9.18 Å². The van der Waals surface area contributed by atoms with E-state index < -0.39 is 5.82 Å². The average molecular weight is 308 g/mol. The highest BCUT2D eigenvalue weighted by atomic mass is 35.5. The molecule has 1 heterocycles. The topological polar surface area (TPSA) is 29.1 Å². The highest BCUT2D eigenvalue weighted by Gasteiger charge is 2.24. The number of benzene rings is 2. The number of halogens is 3. The van der Waals surface area contributed by atoms with Crippen LogP contribution < -0.4 is 5.32 Å². The summed E-state index contributed by atoms with van der Waals surface area (Å²) in [7, 11) is 0. The molecule has 0 spiro atoms. The summed E-state index contributed by atoms with van der Waals surface area (Å²) in [6.07, 6.45) is 1.45. The van der Waals surface area contributed by atoms with Crippen LogP contribution in [0.2, 0.25) is 10.0 Å². The number of carbonyl (C=O) groups excluding carboxylic acids is 1. The Morgan fingerprint density at radius 1 is 1.15 bits per heavy atom. The summed E-state index contributed by atoms with van der Waals surface area (Å²) in [5.74, 6) is -0.776. The lowest BCUT2D eigenvalue weighted by atomic mass is 10.0. The predicted molar refractivity (Wildman–Crippen MR) is 79.4 cm³/mol. The van der Waals surface area contributed by atoms with E-state index in [-0.39, 0.29) is 16.5 Å². The molecule has 3 rings (SSSR count). The Hall–Kier alpha value is -1.84. The van der Waals surface area contributed by atoms with Crippen molar-refractivity contribution in [1.29, 1.82) is 0 Å². The van der Waals surface area contributed by atoms with Crippen LogP contribution in [0.15, 0.2) is 36.4 Å². The van der Waals surface area contributed by atoms with Crippen molar-refractivity contribution in [2.45, 2.75) is 0 Å². The lowest BCUT2D eigenvalue weighted by molar-refractivity contribution is -0.110. The first-order chi connectivity index (χ1) is 9.56. The van der Waals surface area contributed by atoms with E-state index in [0.29, 0.717) is 21.8 Å². The molecule has 0 radical (unpaired) electrons. The van der Waals surface area contributed by atoms with Crippen LogP contribution in [0.3, 0.4) is 0 Å². The first-order valence-corrected chi connectivity index (χ1v) is 6.59. The largest absolute Gasteiger partial charge is 0.321 e. The van der Waals surface area contributed by atoms with Crippen LogP contribution in [0.1, 0.15) is 11.1 Å². The van der Waals surface area contributed by atoms with E-state index in [1.54, 1.807) is 24.3 Å². The Labute approximate surface area is 124 Å². The second-order valence-electron chi connectivity index (χ2n) is 4.34. The van der Waals surface area contributed by atoms with Gasteiger partial charge < -0.3 is 5.32 Å². The smallest absolute Gasteiger partial charge is 0.256 e. The van der Waals surface area contributed by atoms with Crippen LogP contribution in [-0.4, -0.2) is 5.91 Å². The van der Waals surface area contributed by atoms with Crippen LogP contribution in [0.25, 0.3) is 11.6 Å². The molecular weight excluding hydrogens is 300 g/mol. The molecule has 5 heteroatoms. The lowest BCUT2D eigenvalue weighted by Gasteiger charge is -2.02. The third kappa shape index (κ3) is 2.19. The number of nitrogens with one attached hydrogen (secondary N) is 1. The molecule has 0 aromatic heterocycles. The predicted octanol–water partition coefficient (Wildman–Crippen LogP) is 4.63.